The minimum Gasteiger partial charge on any atom is -0.462 e. The molecule has 2 atom stereocenters. The Labute approximate surface area is 260 Å². The fourth-order valence-electron chi connectivity index (χ4n) is 7.50. The van der Waals surface area contributed by atoms with Crippen molar-refractivity contribution in [1.82, 2.24) is 25.3 Å². The van der Waals surface area contributed by atoms with Gasteiger partial charge in [-0.15, -0.1) is 0 Å². The zero-order valence-electron chi connectivity index (χ0n) is 26.2. The standard InChI is InChI=1S/C34H49N7O3/c1-2-44-22-6-9-31-38-29-15-14-28(23-30(29)39-31)41(40-33(42)43)21-20-37-24-34(41,18-16-25-7-4-3-5-8-25)19-17-26-10-12-27(13-11-26)32(35)36/h10-15,23,25,37,40H,2-9,16-22,24H2,1H3,(H4-,35,36,38,39,42,43)/p+1. The number of hydrogen-bond donors (Lipinski definition) is 6. The molecule has 238 valence electrons. The summed E-state index contributed by atoms with van der Waals surface area (Å²) in [5.74, 6) is 1.66. The molecule has 0 spiro atoms. The predicted molar refractivity (Wildman–Crippen MR) is 176 cm³/mol. The predicted octanol–water partition coefficient (Wildman–Crippen LogP) is 5.64. The lowest BCUT2D eigenvalue weighted by Gasteiger charge is -2.54. The van der Waals surface area contributed by atoms with Crippen molar-refractivity contribution in [2.24, 2.45) is 11.7 Å². The molecule has 2 aliphatic rings. The van der Waals surface area contributed by atoms with Gasteiger partial charge < -0.3 is 25.9 Å². The van der Waals surface area contributed by atoms with Crippen molar-refractivity contribution in [3.05, 3.63) is 59.4 Å². The Kier molecular flexibility index (Phi) is 10.6. The average Bonchev–Trinajstić information content (AvgIpc) is 3.45. The van der Waals surface area contributed by atoms with Crippen LogP contribution < -0.4 is 21.1 Å². The second-order valence-electron chi connectivity index (χ2n) is 12.7. The second kappa shape index (κ2) is 14.5. The summed E-state index contributed by atoms with van der Waals surface area (Å²) in [5.41, 5.74) is 13.0. The van der Waals surface area contributed by atoms with E-state index in [0.29, 0.717) is 37.8 Å². The van der Waals surface area contributed by atoms with Crippen LogP contribution in [0.3, 0.4) is 0 Å². The maximum Gasteiger partial charge on any atom is 0.449 e. The van der Waals surface area contributed by atoms with Gasteiger partial charge in [-0.3, -0.25) is 5.41 Å². The van der Waals surface area contributed by atoms with Crippen LogP contribution in [-0.2, 0) is 17.6 Å². The molecule has 2 aromatic carbocycles. The number of fused-ring (bicyclic) bond motifs is 1. The fourth-order valence-corrected chi connectivity index (χ4v) is 7.50. The SMILES string of the molecule is CCOCCCc1nc2ccc([N+]3(NC(=O)O)CCNCC3(CCc3ccc(C(=N)N)cc3)CCC3CCCCC3)cc2[nH]1. The number of nitrogens with two attached hydrogens (primary N) is 1. The lowest BCUT2D eigenvalue weighted by molar-refractivity contribution is 0.00393. The molecule has 1 aliphatic heterocycles. The largest absolute Gasteiger partial charge is 0.462 e. The molecule has 7 N–H and O–H groups in total. The molecule has 1 aliphatic carbocycles. The Morgan fingerprint density at radius 1 is 1.16 bits per heavy atom. The molecule has 10 nitrogen and oxygen atoms in total. The summed E-state index contributed by atoms with van der Waals surface area (Å²) in [4.78, 5) is 21.0. The number of carboxylic acid groups (broad SMARTS) is 1. The van der Waals surface area contributed by atoms with Gasteiger partial charge in [0.15, 0.2) is 5.69 Å². The second-order valence-corrected chi connectivity index (χ2v) is 12.7. The summed E-state index contributed by atoms with van der Waals surface area (Å²) in [7, 11) is 0. The van der Waals surface area contributed by atoms with Crippen molar-refractivity contribution in [2.75, 3.05) is 32.8 Å². The molecular weight excluding hydrogens is 554 g/mol. The number of nitrogen functional groups attached to an aromatic ring is 1. The normalized spacial score (nSPS) is 22.7. The van der Waals surface area contributed by atoms with E-state index in [0.717, 1.165) is 73.2 Å². The van der Waals surface area contributed by atoms with Gasteiger partial charge in [0.1, 0.15) is 23.7 Å². The Balaban J connectivity index is 1.51. The number of piperazine rings is 1. The van der Waals surface area contributed by atoms with Crippen LogP contribution in [-0.4, -0.2) is 65.4 Å². The molecule has 2 unspecified atom stereocenters. The topological polar surface area (TPSA) is 149 Å². The number of imidazole rings is 1. The summed E-state index contributed by atoms with van der Waals surface area (Å²) < 4.78 is 5.69. The summed E-state index contributed by atoms with van der Waals surface area (Å²) in [6.07, 6.45) is 10.7. The number of nitrogens with one attached hydrogen (secondary N) is 4. The number of amidine groups is 1. The molecule has 44 heavy (non-hydrogen) atoms. The van der Waals surface area contributed by atoms with E-state index in [2.05, 4.69) is 27.9 Å². The summed E-state index contributed by atoms with van der Waals surface area (Å²) in [6, 6.07) is 14.1. The van der Waals surface area contributed by atoms with Gasteiger partial charge >= 0.3 is 6.09 Å². The number of rotatable bonds is 14. The fraction of sp³-hybridized carbons (Fsp3) is 0.559. The molecule has 1 amide bonds. The number of ether oxygens (including phenoxy) is 1. The van der Waals surface area contributed by atoms with E-state index in [4.69, 9.17) is 20.9 Å². The first kappa shape index (κ1) is 31.9. The van der Waals surface area contributed by atoms with Gasteiger partial charge in [0.2, 0.25) is 0 Å². The molecule has 1 aromatic heterocycles. The number of nitrogens with zero attached hydrogens (tertiary/aromatic N) is 2. The van der Waals surface area contributed by atoms with Gasteiger partial charge in [-0.25, -0.2) is 9.78 Å². The molecule has 2 fully saturated rings. The number of aromatic nitrogens is 2. The van der Waals surface area contributed by atoms with E-state index in [1.807, 2.05) is 37.3 Å². The number of amides is 1. The van der Waals surface area contributed by atoms with Crippen LogP contribution in [0.15, 0.2) is 42.5 Å². The van der Waals surface area contributed by atoms with E-state index in [-0.39, 0.29) is 10.4 Å². The van der Waals surface area contributed by atoms with E-state index in [1.165, 1.54) is 32.1 Å². The highest BCUT2D eigenvalue weighted by Gasteiger charge is 2.56. The Bertz CT molecular complexity index is 1400. The minimum absolute atomic E-state index is 0.0602. The van der Waals surface area contributed by atoms with E-state index in [9.17, 15) is 9.90 Å². The maximum absolute atomic E-state index is 12.6. The maximum atomic E-state index is 12.6. The van der Waals surface area contributed by atoms with Gasteiger partial charge in [-0.1, -0.05) is 56.4 Å². The van der Waals surface area contributed by atoms with Crippen molar-refractivity contribution < 1.29 is 14.6 Å². The zero-order chi connectivity index (χ0) is 31.0. The number of aryl methyl sites for hydroxylation is 2. The number of H-pyrrole nitrogens is 1. The zero-order valence-corrected chi connectivity index (χ0v) is 26.2. The number of hydrogen-bond acceptors (Lipinski definition) is 5. The molecule has 1 saturated carbocycles. The van der Waals surface area contributed by atoms with Crippen molar-refractivity contribution in [1.29, 1.82) is 5.41 Å². The molecular formula is C34H50N7O3+. The van der Waals surface area contributed by atoms with Gasteiger partial charge in [0.05, 0.1) is 17.6 Å². The van der Waals surface area contributed by atoms with Gasteiger partial charge in [0, 0.05) is 56.7 Å². The first-order chi connectivity index (χ1) is 21.3. The first-order valence-corrected chi connectivity index (χ1v) is 16.4. The molecule has 2 heterocycles. The third-order valence-corrected chi connectivity index (χ3v) is 9.92. The molecule has 3 aromatic rings. The highest BCUT2D eigenvalue weighted by molar-refractivity contribution is 5.94. The third kappa shape index (κ3) is 7.25. The Morgan fingerprint density at radius 3 is 2.68 bits per heavy atom. The highest BCUT2D eigenvalue weighted by atomic mass is 16.5. The van der Waals surface area contributed by atoms with Crippen molar-refractivity contribution >= 4 is 28.6 Å². The van der Waals surface area contributed by atoms with Crippen molar-refractivity contribution in [3.8, 4) is 0 Å². The van der Waals surface area contributed by atoms with Gasteiger partial charge in [0.25, 0.3) is 0 Å². The Morgan fingerprint density at radius 2 is 1.95 bits per heavy atom. The van der Waals surface area contributed by atoms with E-state index < -0.39 is 11.6 Å². The number of aromatic amines is 1. The quantitative estimate of drug-likeness (QED) is 0.0607. The lowest BCUT2D eigenvalue weighted by Crippen LogP contribution is -2.80. The summed E-state index contributed by atoms with van der Waals surface area (Å²) in [6.45, 7) is 5.46. The van der Waals surface area contributed by atoms with Crippen LogP contribution in [0, 0.1) is 11.3 Å². The average molecular weight is 605 g/mol. The summed E-state index contributed by atoms with van der Waals surface area (Å²) >= 11 is 0. The minimum atomic E-state index is -1.01. The van der Waals surface area contributed by atoms with E-state index in [1.54, 1.807) is 0 Å². The molecule has 0 radical (unpaired) electrons. The van der Waals surface area contributed by atoms with Crippen molar-refractivity contribution in [2.45, 2.75) is 83.1 Å². The van der Waals surface area contributed by atoms with Crippen LogP contribution in [0.2, 0.25) is 0 Å². The lowest BCUT2D eigenvalue weighted by atomic mass is 9.77. The number of quaternary nitrogens is 1. The van der Waals surface area contributed by atoms with Crippen LogP contribution in [0.1, 0.15) is 81.7 Å². The molecule has 10 heteroatoms. The third-order valence-electron chi connectivity index (χ3n) is 9.92. The van der Waals surface area contributed by atoms with Gasteiger partial charge in [-0.2, -0.15) is 10.0 Å². The molecule has 0 bridgehead atoms. The highest BCUT2D eigenvalue weighted by Crippen LogP contribution is 2.42. The number of benzene rings is 2. The van der Waals surface area contributed by atoms with Crippen LogP contribution in [0.5, 0.6) is 0 Å². The van der Waals surface area contributed by atoms with Crippen LogP contribution in [0.25, 0.3) is 11.0 Å². The number of carbonyl (C=O) groups is 1. The van der Waals surface area contributed by atoms with Gasteiger partial charge in [-0.05, 0) is 43.7 Å². The summed E-state index contributed by atoms with van der Waals surface area (Å²) in [5, 5.41) is 21.8. The first-order valence-electron chi connectivity index (χ1n) is 16.4. The van der Waals surface area contributed by atoms with Crippen molar-refractivity contribution in [3.63, 3.8) is 0 Å². The Hall–Kier alpha value is -3.47. The van der Waals surface area contributed by atoms with Crippen LogP contribution >= 0.6 is 0 Å². The monoisotopic (exact) mass is 604 g/mol. The van der Waals surface area contributed by atoms with E-state index >= 15 is 0 Å². The smallest absolute Gasteiger partial charge is 0.449 e. The van der Waals surface area contributed by atoms with Crippen LogP contribution in [0.4, 0.5) is 10.5 Å². The molecule has 5 rings (SSSR count). The molecule has 1 saturated heterocycles.